The Labute approximate surface area is 191 Å². The number of phenolic OH excluding ortho intramolecular Hbond substituents is 1. The van der Waals surface area contributed by atoms with Gasteiger partial charge in [-0.1, -0.05) is 12.1 Å². The van der Waals surface area contributed by atoms with Crippen molar-refractivity contribution < 1.29 is 54.4 Å². The number of aryl methyl sites for hydroxylation is 1. The Hall–Kier alpha value is -2.28. The number of carboxylic acids is 1. The molecule has 1 aliphatic rings. The lowest BCUT2D eigenvalue weighted by Crippen LogP contribution is -2.59. The first kappa shape index (κ1) is 27.0. The van der Waals surface area contributed by atoms with Gasteiger partial charge in [-0.25, -0.2) is 0 Å². The number of carboxylic acid groups (broad SMARTS) is 1. The van der Waals surface area contributed by atoms with E-state index in [0.717, 1.165) is 5.56 Å². The SMILES string of the molecule is C[C@H](CCc1ccc(O)cc1)O[C@H]1O[C@H](COC(=O)C[C@@](C)(O)CC(=O)O)[C@@H](O)[C@H](O)[C@H]1O. The standard InChI is InChI=1S/C22H32O11/c1-12(3-4-13-5-7-14(23)8-6-13)32-21-20(29)19(28)18(27)15(33-21)11-31-17(26)10-22(2,30)9-16(24)25/h5-8,12,15,18-21,23,27-30H,3-4,9-11H2,1-2H3,(H,24,25)/t12-,15-,18-,19+,20-,21+,22+/m1/s1. The molecular weight excluding hydrogens is 440 g/mol. The molecule has 0 aromatic heterocycles. The second-order valence-electron chi connectivity index (χ2n) is 8.59. The summed E-state index contributed by atoms with van der Waals surface area (Å²) < 4.78 is 16.2. The number of carbonyl (C=O) groups is 2. The van der Waals surface area contributed by atoms with Crippen LogP contribution in [0.4, 0.5) is 0 Å². The van der Waals surface area contributed by atoms with Gasteiger partial charge in [0.05, 0.1) is 24.5 Å². The summed E-state index contributed by atoms with van der Waals surface area (Å²) in [6.07, 6.45) is -7.75. The number of aliphatic hydroxyl groups excluding tert-OH is 3. The van der Waals surface area contributed by atoms with Crippen LogP contribution in [0.5, 0.6) is 5.75 Å². The van der Waals surface area contributed by atoms with E-state index < -0.39 is 73.8 Å². The summed E-state index contributed by atoms with van der Waals surface area (Å²) in [6, 6.07) is 6.68. The highest BCUT2D eigenvalue weighted by atomic mass is 16.7. The number of rotatable bonds is 11. The summed E-state index contributed by atoms with van der Waals surface area (Å²) in [4.78, 5) is 22.7. The van der Waals surface area contributed by atoms with Gasteiger partial charge in [0, 0.05) is 0 Å². The predicted octanol–water partition coefficient (Wildman–Crippen LogP) is -0.303. The van der Waals surface area contributed by atoms with Gasteiger partial charge in [0.2, 0.25) is 0 Å². The average molecular weight is 472 g/mol. The number of phenols is 1. The molecule has 0 spiro atoms. The van der Waals surface area contributed by atoms with E-state index in [-0.39, 0.29) is 5.75 Å². The second kappa shape index (κ2) is 11.7. The lowest BCUT2D eigenvalue weighted by atomic mass is 9.98. The Morgan fingerprint density at radius 2 is 1.73 bits per heavy atom. The van der Waals surface area contributed by atoms with Crippen LogP contribution >= 0.6 is 0 Å². The zero-order valence-electron chi connectivity index (χ0n) is 18.5. The van der Waals surface area contributed by atoms with E-state index in [1.54, 1.807) is 31.2 Å². The fourth-order valence-corrected chi connectivity index (χ4v) is 3.42. The van der Waals surface area contributed by atoms with Crippen molar-refractivity contribution in [3.8, 4) is 5.75 Å². The van der Waals surface area contributed by atoms with Crippen molar-refractivity contribution in [1.29, 1.82) is 0 Å². The lowest BCUT2D eigenvalue weighted by Gasteiger charge is -2.40. The average Bonchev–Trinajstić information content (AvgIpc) is 2.71. The molecule has 0 radical (unpaired) electrons. The highest BCUT2D eigenvalue weighted by molar-refractivity contribution is 5.73. The van der Waals surface area contributed by atoms with E-state index in [1.807, 2.05) is 0 Å². The van der Waals surface area contributed by atoms with Gasteiger partial charge in [-0.15, -0.1) is 0 Å². The van der Waals surface area contributed by atoms with Gasteiger partial charge in [0.1, 0.15) is 36.8 Å². The molecule has 11 heteroatoms. The summed E-state index contributed by atoms with van der Waals surface area (Å²) in [5.74, 6) is -2.04. The molecule has 1 fully saturated rings. The van der Waals surface area contributed by atoms with Gasteiger partial charge in [-0.3, -0.25) is 9.59 Å². The van der Waals surface area contributed by atoms with Gasteiger partial charge in [-0.05, 0) is 44.4 Å². The minimum Gasteiger partial charge on any atom is -0.508 e. The maximum absolute atomic E-state index is 12.0. The Morgan fingerprint density at radius 1 is 1.09 bits per heavy atom. The summed E-state index contributed by atoms with van der Waals surface area (Å²) in [5, 5.41) is 58.6. The zero-order valence-corrected chi connectivity index (χ0v) is 18.5. The van der Waals surface area contributed by atoms with Crippen molar-refractivity contribution in [2.24, 2.45) is 0 Å². The highest BCUT2D eigenvalue weighted by Gasteiger charge is 2.45. The van der Waals surface area contributed by atoms with E-state index in [2.05, 4.69) is 0 Å². The molecule has 0 amide bonds. The maximum Gasteiger partial charge on any atom is 0.308 e. The summed E-state index contributed by atoms with van der Waals surface area (Å²) in [6.45, 7) is 2.42. The van der Waals surface area contributed by atoms with Gasteiger partial charge in [-0.2, -0.15) is 0 Å². The third-order valence-electron chi connectivity index (χ3n) is 5.28. The van der Waals surface area contributed by atoms with Crippen LogP contribution < -0.4 is 0 Å². The number of benzene rings is 1. The summed E-state index contributed by atoms with van der Waals surface area (Å²) >= 11 is 0. The number of hydrogen-bond donors (Lipinski definition) is 6. The molecule has 1 saturated heterocycles. The third-order valence-corrected chi connectivity index (χ3v) is 5.28. The molecule has 6 N–H and O–H groups in total. The Morgan fingerprint density at radius 3 is 2.33 bits per heavy atom. The Kier molecular flexibility index (Phi) is 9.58. The molecule has 0 bridgehead atoms. The molecule has 7 atom stereocenters. The molecule has 0 saturated carbocycles. The van der Waals surface area contributed by atoms with Crippen molar-refractivity contribution in [3.05, 3.63) is 29.8 Å². The topological polar surface area (TPSA) is 183 Å². The van der Waals surface area contributed by atoms with Gasteiger partial charge in [0.15, 0.2) is 6.29 Å². The van der Waals surface area contributed by atoms with Crippen LogP contribution in [0.2, 0.25) is 0 Å². The smallest absolute Gasteiger partial charge is 0.308 e. The number of aromatic hydroxyl groups is 1. The first-order chi connectivity index (χ1) is 15.4. The number of aliphatic carboxylic acids is 1. The fourth-order valence-electron chi connectivity index (χ4n) is 3.42. The largest absolute Gasteiger partial charge is 0.508 e. The third kappa shape index (κ3) is 8.54. The van der Waals surface area contributed by atoms with Gasteiger partial charge in [0.25, 0.3) is 0 Å². The van der Waals surface area contributed by atoms with E-state index in [4.69, 9.17) is 19.3 Å². The van der Waals surface area contributed by atoms with E-state index in [1.165, 1.54) is 6.92 Å². The monoisotopic (exact) mass is 472 g/mol. The number of aliphatic hydroxyl groups is 4. The number of ether oxygens (including phenoxy) is 3. The lowest BCUT2D eigenvalue weighted by molar-refractivity contribution is -0.310. The predicted molar refractivity (Wildman–Crippen MR) is 112 cm³/mol. The van der Waals surface area contributed by atoms with Crippen LogP contribution in [0.3, 0.4) is 0 Å². The van der Waals surface area contributed by atoms with E-state index in [9.17, 15) is 35.1 Å². The molecule has 0 aliphatic carbocycles. The fraction of sp³-hybridized carbons (Fsp3) is 0.636. The summed E-state index contributed by atoms with van der Waals surface area (Å²) in [7, 11) is 0. The normalized spacial score (nSPS) is 28.0. The molecule has 2 rings (SSSR count). The van der Waals surface area contributed by atoms with Crippen molar-refractivity contribution in [2.45, 2.75) is 81.9 Å². The van der Waals surface area contributed by atoms with Crippen molar-refractivity contribution in [1.82, 2.24) is 0 Å². The van der Waals surface area contributed by atoms with Crippen LogP contribution in [-0.2, 0) is 30.2 Å². The number of carbonyl (C=O) groups excluding carboxylic acids is 1. The quantitative estimate of drug-likeness (QED) is 0.232. The van der Waals surface area contributed by atoms with Gasteiger partial charge >= 0.3 is 11.9 Å². The molecule has 11 nitrogen and oxygen atoms in total. The van der Waals surface area contributed by atoms with Crippen LogP contribution in [0.15, 0.2) is 24.3 Å². The molecule has 1 aliphatic heterocycles. The molecule has 1 aromatic rings. The van der Waals surface area contributed by atoms with Crippen molar-refractivity contribution in [3.63, 3.8) is 0 Å². The van der Waals surface area contributed by atoms with E-state index >= 15 is 0 Å². The molecule has 0 unspecified atom stereocenters. The molecular formula is C22H32O11. The Bertz CT molecular complexity index is 779. The Balaban J connectivity index is 1.88. The molecule has 186 valence electrons. The molecule has 33 heavy (non-hydrogen) atoms. The van der Waals surface area contributed by atoms with Crippen LogP contribution in [0.25, 0.3) is 0 Å². The van der Waals surface area contributed by atoms with Crippen LogP contribution in [0.1, 0.15) is 38.7 Å². The van der Waals surface area contributed by atoms with Gasteiger partial charge < -0.3 is 44.8 Å². The van der Waals surface area contributed by atoms with Crippen molar-refractivity contribution in [2.75, 3.05) is 6.61 Å². The second-order valence-corrected chi connectivity index (χ2v) is 8.59. The first-order valence-electron chi connectivity index (χ1n) is 10.6. The van der Waals surface area contributed by atoms with E-state index in [0.29, 0.717) is 12.8 Å². The first-order valence-corrected chi connectivity index (χ1v) is 10.6. The van der Waals surface area contributed by atoms with Crippen LogP contribution in [0, 0.1) is 0 Å². The minimum absolute atomic E-state index is 0.159. The van der Waals surface area contributed by atoms with Crippen LogP contribution in [-0.4, -0.2) is 91.6 Å². The van der Waals surface area contributed by atoms with Crippen molar-refractivity contribution >= 4 is 11.9 Å². The highest BCUT2D eigenvalue weighted by Crippen LogP contribution is 2.25. The summed E-state index contributed by atoms with van der Waals surface area (Å²) in [5.41, 5.74) is -0.851. The molecule has 1 heterocycles. The maximum atomic E-state index is 12.0. The molecule has 1 aromatic carbocycles. The minimum atomic E-state index is -1.82. The number of hydrogen-bond acceptors (Lipinski definition) is 10. The number of esters is 1. The zero-order chi connectivity index (χ0) is 24.8.